The van der Waals surface area contributed by atoms with E-state index in [9.17, 15) is 4.79 Å². The third-order valence-electron chi connectivity index (χ3n) is 2.69. The number of hydrogen-bond acceptors (Lipinski definition) is 3. The molecule has 0 saturated carbocycles. The quantitative estimate of drug-likeness (QED) is 0.845. The summed E-state index contributed by atoms with van der Waals surface area (Å²) in [6.45, 7) is 0.437. The van der Waals surface area contributed by atoms with Crippen LogP contribution in [0.5, 0.6) is 0 Å². The minimum Gasteiger partial charge on any atom is -0.384 e. The first-order chi connectivity index (χ1) is 9.79. The molecule has 20 heavy (non-hydrogen) atoms. The first-order valence-corrected chi connectivity index (χ1v) is 7.18. The van der Waals surface area contributed by atoms with Gasteiger partial charge in [0.05, 0.1) is 10.4 Å². The van der Waals surface area contributed by atoms with E-state index in [-0.39, 0.29) is 12.5 Å². The van der Waals surface area contributed by atoms with Gasteiger partial charge in [0.2, 0.25) is 0 Å². The maximum absolute atomic E-state index is 11.9. The Morgan fingerprint density at radius 3 is 2.85 bits per heavy atom. The van der Waals surface area contributed by atoms with Crippen molar-refractivity contribution >= 4 is 17.2 Å². The standard InChI is InChI=1S/C16H15NO2S/c18-10-4-7-15-11-14(12-20-15)16(19)17-9-8-13-5-2-1-3-6-13/h1-3,5-6,11-12,18H,8-10H2,(H,17,19). The molecule has 0 saturated heterocycles. The van der Waals surface area contributed by atoms with Gasteiger partial charge in [-0.1, -0.05) is 42.2 Å². The van der Waals surface area contributed by atoms with Crippen LogP contribution in [0, 0.1) is 11.8 Å². The van der Waals surface area contributed by atoms with Crippen molar-refractivity contribution in [3.05, 3.63) is 57.8 Å². The average molecular weight is 285 g/mol. The Morgan fingerprint density at radius 2 is 2.10 bits per heavy atom. The van der Waals surface area contributed by atoms with Crippen LogP contribution in [0.3, 0.4) is 0 Å². The van der Waals surface area contributed by atoms with Gasteiger partial charge in [0.25, 0.3) is 5.91 Å². The summed E-state index contributed by atoms with van der Waals surface area (Å²) >= 11 is 1.40. The van der Waals surface area contributed by atoms with Gasteiger partial charge < -0.3 is 10.4 Å². The zero-order valence-corrected chi connectivity index (χ0v) is 11.7. The molecule has 2 N–H and O–H groups in total. The molecule has 0 aliphatic carbocycles. The molecule has 2 rings (SSSR count). The Labute approximate surface area is 122 Å². The van der Waals surface area contributed by atoms with Crippen LogP contribution in [0.15, 0.2) is 41.8 Å². The fourth-order valence-corrected chi connectivity index (χ4v) is 2.47. The van der Waals surface area contributed by atoms with Gasteiger partial charge in [0, 0.05) is 11.9 Å². The van der Waals surface area contributed by atoms with E-state index in [1.165, 1.54) is 16.9 Å². The number of thiophene rings is 1. The molecule has 0 radical (unpaired) electrons. The molecule has 1 aromatic heterocycles. The number of benzene rings is 1. The maximum Gasteiger partial charge on any atom is 0.252 e. The van der Waals surface area contributed by atoms with Crippen molar-refractivity contribution in [3.8, 4) is 11.8 Å². The van der Waals surface area contributed by atoms with E-state index in [1.807, 2.05) is 30.3 Å². The number of carbonyl (C=O) groups is 1. The lowest BCUT2D eigenvalue weighted by atomic mass is 10.1. The van der Waals surface area contributed by atoms with Gasteiger partial charge in [-0.15, -0.1) is 11.3 Å². The van der Waals surface area contributed by atoms with Crippen molar-refractivity contribution in [2.24, 2.45) is 0 Å². The third-order valence-corrected chi connectivity index (χ3v) is 3.54. The van der Waals surface area contributed by atoms with E-state index in [2.05, 4.69) is 17.2 Å². The second-order valence-electron chi connectivity index (χ2n) is 4.15. The van der Waals surface area contributed by atoms with Gasteiger partial charge in [-0.3, -0.25) is 4.79 Å². The molecule has 0 aliphatic rings. The van der Waals surface area contributed by atoms with Crippen molar-refractivity contribution < 1.29 is 9.90 Å². The van der Waals surface area contributed by atoms with Crippen LogP contribution in [-0.4, -0.2) is 24.2 Å². The molecule has 1 heterocycles. The number of hydrogen-bond donors (Lipinski definition) is 2. The van der Waals surface area contributed by atoms with Gasteiger partial charge in [0.1, 0.15) is 6.61 Å². The van der Waals surface area contributed by atoms with Crippen molar-refractivity contribution in [3.63, 3.8) is 0 Å². The number of aliphatic hydroxyl groups excluding tert-OH is 1. The van der Waals surface area contributed by atoms with Crippen LogP contribution in [0.25, 0.3) is 0 Å². The highest BCUT2D eigenvalue weighted by atomic mass is 32.1. The van der Waals surface area contributed by atoms with E-state index in [0.717, 1.165) is 11.3 Å². The largest absolute Gasteiger partial charge is 0.384 e. The summed E-state index contributed by atoms with van der Waals surface area (Å²) < 4.78 is 0. The average Bonchev–Trinajstić information content (AvgIpc) is 2.95. The van der Waals surface area contributed by atoms with Crippen LogP contribution in [-0.2, 0) is 6.42 Å². The van der Waals surface area contributed by atoms with E-state index < -0.39 is 0 Å². The summed E-state index contributed by atoms with van der Waals surface area (Å²) in [5.41, 5.74) is 1.82. The van der Waals surface area contributed by atoms with Crippen LogP contribution in [0.4, 0.5) is 0 Å². The lowest BCUT2D eigenvalue weighted by Gasteiger charge is -2.03. The molecular formula is C16H15NO2S. The minimum atomic E-state index is -0.170. The first kappa shape index (κ1) is 14.3. The van der Waals surface area contributed by atoms with Crippen LogP contribution < -0.4 is 5.32 Å². The van der Waals surface area contributed by atoms with Crippen molar-refractivity contribution in [2.45, 2.75) is 6.42 Å². The highest BCUT2D eigenvalue weighted by molar-refractivity contribution is 7.10. The SMILES string of the molecule is O=C(NCCc1ccccc1)c1csc(C#CCO)c1. The summed E-state index contributed by atoms with van der Waals surface area (Å²) in [6.07, 6.45) is 0.813. The highest BCUT2D eigenvalue weighted by Gasteiger charge is 2.07. The molecular weight excluding hydrogens is 270 g/mol. The molecule has 0 unspecified atom stereocenters. The Morgan fingerprint density at radius 1 is 1.30 bits per heavy atom. The Balaban J connectivity index is 1.84. The van der Waals surface area contributed by atoms with Gasteiger partial charge in [0.15, 0.2) is 0 Å². The molecule has 0 atom stereocenters. The van der Waals surface area contributed by atoms with Crippen molar-refractivity contribution in [1.29, 1.82) is 0 Å². The normalized spacial score (nSPS) is 9.65. The summed E-state index contributed by atoms with van der Waals surface area (Å²) in [7, 11) is 0. The lowest BCUT2D eigenvalue weighted by molar-refractivity contribution is 0.0954. The Bertz CT molecular complexity index is 623. The van der Waals surface area contributed by atoms with Gasteiger partial charge in [-0.2, -0.15) is 0 Å². The number of aliphatic hydroxyl groups is 1. The number of carbonyl (C=O) groups excluding carboxylic acids is 1. The predicted octanol–water partition coefficient (Wildman–Crippen LogP) is 2.06. The topological polar surface area (TPSA) is 49.3 Å². The maximum atomic E-state index is 11.9. The fourth-order valence-electron chi connectivity index (χ4n) is 1.71. The molecule has 0 bridgehead atoms. The smallest absolute Gasteiger partial charge is 0.252 e. The molecule has 1 aromatic carbocycles. The minimum absolute atomic E-state index is 0.0887. The van der Waals surface area contributed by atoms with E-state index >= 15 is 0 Å². The van der Waals surface area contributed by atoms with E-state index in [0.29, 0.717) is 12.1 Å². The third kappa shape index (κ3) is 4.23. The summed E-state index contributed by atoms with van der Waals surface area (Å²) in [5.74, 6) is 5.27. The molecule has 4 heteroatoms. The summed E-state index contributed by atoms with van der Waals surface area (Å²) in [4.78, 5) is 12.7. The Kier molecular flexibility index (Phi) is 5.36. The highest BCUT2D eigenvalue weighted by Crippen LogP contribution is 2.13. The van der Waals surface area contributed by atoms with Gasteiger partial charge in [-0.05, 0) is 18.1 Å². The van der Waals surface area contributed by atoms with Crippen molar-refractivity contribution in [1.82, 2.24) is 5.32 Å². The molecule has 1 amide bonds. The second-order valence-corrected chi connectivity index (χ2v) is 5.06. The zero-order valence-electron chi connectivity index (χ0n) is 10.9. The number of amides is 1. The van der Waals surface area contributed by atoms with Crippen molar-refractivity contribution in [2.75, 3.05) is 13.2 Å². The molecule has 3 nitrogen and oxygen atoms in total. The van der Waals surface area contributed by atoms with Crippen LogP contribution >= 0.6 is 11.3 Å². The molecule has 0 spiro atoms. The van der Waals surface area contributed by atoms with Crippen LogP contribution in [0.2, 0.25) is 0 Å². The zero-order chi connectivity index (χ0) is 14.2. The summed E-state index contributed by atoms with van der Waals surface area (Å²) in [6, 6.07) is 11.8. The van der Waals surface area contributed by atoms with E-state index in [4.69, 9.17) is 5.11 Å². The molecule has 2 aromatic rings. The van der Waals surface area contributed by atoms with Gasteiger partial charge >= 0.3 is 0 Å². The van der Waals surface area contributed by atoms with Crippen LogP contribution in [0.1, 0.15) is 20.8 Å². The molecule has 0 fully saturated rings. The molecule has 102 valence electrons. The fraction of sp³-hybridized carbons (Fsp3) is 0.188. The van der Waals surface area contributed by atoms with E-state index in [1.54, 1.807) is 11.4 Å². The van der Waals surface area contributed by atoms with Gasteiger partial charge in [-0.25, -0.2) is 0 Å². The summed E-state index contributed by atoms with van der Waals surface area (Å²) in [5, 5.41) is 13.3. The number of rotatable bonds is 4. The Hall–Kier alpha value is -2.09. The second kappa shape index (κ2) is 7.49. The first-order valence-electron chi connectivity index (χ1n) is 6.30. The monoisotopic (exact) mass is 285 g/mol. The molecule has 0 aliphatic heterocycles. The predicted molar refractivity (Wildman–Crippen MR) is 80.8 cm³/mol. The lowest BCUT2D eigenvalue weighted by Crippen LogP contribution is -2.25. The number of nitrogens with one attached hydrogen (secondary N) is 1.